The molecule has 0 radical (unpaired) electrons. The van der Waals surface area contributed by atoms with Gasteiger partial charge in [0.15, 0.2) is 11.7 Å². The number of hydrogen-bond acceptors (Lipinski definition) is 4. The third-order valence-electron chi connectivity index (χ3n) is 5.59. The summed E-state index contributed by atoms with van der Waals surface area (Å²) in [6.07, 6.45) is 8.87. The van der Waals surface area contributed by atoms with Crippen LogP contribution in [-0.2, 0) is 11.2 Å². The van der Waals surface area contributed by atoms with E-state index in [1.165, 1.54) is 31.4 Å². The van der Waals surface area contributed by atoms with Gasteiger partial charge in [-0.1, -0.05) is 36.2 Å². The second kappa shape index (κ2) is 10.4. The van der Waals surface area contributed by atoms with Crippen LogP contribution in [0, 0.1) is 6.92 Å². The maximum Gasteiger partial charge on any atom is 0.220 e. The second-order valence-corrected chi connectivity index (χ2v) is 7.92. The summed E-state index contributed by atoms with van der Waals surface area (Å²) < 4.78 is 5.78. The van der Waals surface area contributed by atoms with Crippen LogP contribution < -0.4 is 5.32 Å². The van der Waals surface area contributed by atoms with Crippen molar-refractivity contribution in [1.82, 2.24) is 15.2 Å². The highest BCUT2D eigenvalue weighted by Crippen LogP contribution is 2.21. The molecular formula is C23H33N3O2. The van der Waals surface area contributed by atoms with E-state index >= 15 is 0 Å². The number of rotatable bonds is 9. The van der Waals surface area contributed by atoms with Gasteiger partial charge in [0.25, 0.3) is 0 Å². The van der Waals surface area contributed by atoms with Crippen LogP contribution in [0.15, 0.2) is 34.9 Å². The molecule has 1 atom stereocenters. The Labute approximate surface area is 168 Å². The maximum absolute atomic E-state index is 12.1. The Balaban J connectivity index is 1.31. The quantitative estimate of drug-likeness (QED) is 0.654. The average Bonchev–Trinajstić information content (AvgIpc) is 3.17. The standard InChI is InChI=1S/C23H33N3O2/c1-18-8-10-20(11-9-18)21-17-25-23(28-21)13-12-22(27)24-14-4-6-16-26-15-5-3-7-19(26)2/h8-11,17,19H,3-7,12-16H2,1-2H3,(H,24,27). The van der Waals surface area contributed by atoms with Gasteiger partial charge in [0.2, 0.25) is 5.91 Å². The zero-order chi connectivity index (χ0) is 19.8. The van der Waals surface area contributed by atoms with Crippen molar-refractivity contribution in [3.63, 3.8) is 0 Å². The molecule has 1 N–H and O–H groups in total. The first kappa shape index (κ1) is 20.6. The lowest BCUT2D eigenvalue weighted by molar-refractivity contribution is -0.121. The van der Waals surface area contributed by atoms with Crippen LogP contribution in [0.25, 0.3) is 11.3 Å². The Morgan fingerprint density at radius 1 is 1.25 bits per heavy atom. The number of hydrogen-bond donors (Lipinski definition) is 1. The Morgan fingerprint density at radius 2 is 2.07 bits per heavy atom. The van der Waals surface area contributed by atoms with E-state index < -0.39 is 0 Å². The fourth-order valence-corrected chi connectivity index (χ4v) is 3.74. The zero-order valence-electron chi connectivity index (χ0n) is 17.2. The largest absolute Gasteiger partial charge is 0.441 e. The lowest BCUT2D eigenvalue weighted by atomic mass is 10.0. The molecule has 1 aromatic carbocycles. The highest BCUT2D eigenvalue weighted by Gasteiger charge is 2.17. The van der Waals surface area contributed by atoms with E-state index in [-0.39, 0.29) is 5.91 Å². The Kier molecular flexibility index (Phi) is 7.66. The number of aromatic nitrogens is 1. The molecule has 152 valence electrons. The van der Waals surface area contributed by atoms with E-state index in [9.17, 15) is 4.79 Å². The van der Waals surface area contributed by atoms with Crippen LogP contribution in [0.4, 0.5) is 0 Å². The van der Waals surface area contributed by atoms with Gasteiger partial charge in [-0.2, -0.15) is 0 Å². The van der Waals surface area contributed by atoms with Gasteiger partial charge < -0.3 is 14.6 Å². The molecule has 28 heavy (non-hydrogen) atoms. The average molecular weight is 384 g/mol. The highest BCUT2D eigenvalue weighted by atomic mass is 16.4. The molecular weight excluding hydrogens is 350 g/mol. The zero-order valence-corrected chi connectivity index (χ0v) is 17.2. The molecule has 1 amide bonds. The summed E-state index contributed by atoms with van der Waals surface area (Å²) in [6, 6.07) is 8.87. The molecule has 2 aromatic rings. The summed E-state index contributed by atoms with van der Waals surface area (Å²) >= 11 is 0. The van der Waals surface area contributed by atoms with E-state index in [2.05, 4.69) is 41.2 Å². The van der Waals surface area contributed by atoms with Crippen molar-refractivity contribution >= 4 is 5.91 Å². The Morgan fingerprint density at radius 3 is 2.86 bits per heavy atom. The van der Waals surface area contributed by atoms with Crippen LogP contribution in [0.1, 0.15) is 56.9 Å². The number of nitrogens with zero attached hydrogens (tertiary/aromatic N) is 2. The van der Waals surface area contributed by atoms with Gasteiger partial charge in [-0.05, 0) is 52.6 Å². The molecule has 2 heterocycles. The fourth-order valence-electron chi connectivity index (χ4n) is 3.74. The topological polar surface area (TPSA) is 58.4 Å². The SMILES string of the molecule is Cc1ccc(-c2cnc(CCC(=O)NCCCCN3CCCCC3C)o2)cc1. The van der Waals surface area contributed by atoms with Crippen LogP contribution in [0.5, 0.6) is 0 Å². The van der Waals surface area contributed by atoms with E-state index in [1.54, 1.807) is 6.20 Å². The summed E-state index contributed by atoms with van der Waals surface area (Å²) in [5, 5.41) is 3.02. The number of oxazole rings is 1. The summed E-state index contributed by atoms with van der Waals surface area (Å²) in [5.74, 6) is 1.44. The molecule has 1 aliphatic heterocycles. The Hall–Kier alpha value is -2.14. The molecule has 1 aliphatic rings. The number of carbonyl (C=O) groups is 1. The van der Waals surface area contributed by atoms with Gasteiger partial charge in [-0.3, -0.25) is 4.79 Å². The fraction of sp³-hybridized carbons (Fsp3) is 0.565. The van der Waals surface area contributed by atoms with Gasteiger partial charge >= 0.3 is 0 Å². The summed E-state index contributed by atoms with van der Waals surface area (Å²) in [4.78, 5) is 18.9. The van der Waals surface area contributed by atoms with E-state index in [0.717, 1.165) is 37.3 Å². The van der Waals surface area contributed by atoms with E-state index in [0.29, 0.717) is 24.8 Å². The molecule has 1 aromatic heterocycles. The Bertz CT molecular complexity index is 739. The maximum atomic E-state index is 12.1. The van der Waals surface area contributed by atoms with Crippen LogP contribution in [0.3, 0.4) is 0 Å². The van der Waals surface area contributed by atoms with E-state index in [1.807, 2.05) is 12.1 Å². The monoisotopic (exact) mass is 383 g/mol. The highest BCUT2D eigenvalue weighted by molar-refractivity contribution is 5.76. The number of piperidine rings is 1. The van der Waals surface area contributed by atoms with Crippen molar-refractivity contribution in [2.75, 3.05) is 19.6 Å². The second-order valence-electron chi connectivity index (χ2n) is 7.92. The summed E-state index contributed by atoms with van der Waals surface area (Å²) in [5.41, 5.74) is 2.22. The molecule has 3 rings (SSSR count). The third-order valence-corrected chi connectivity index (χ3v) is 5.59. The normalized spacial score (nSPS) is 17.6. The van der Waals surface area contributed by atoms with Gasteiger partial charge in [0, 0.05) is 31.0 Å². The molecule has 1 unspecified atom stereocenters. The summed E-state index contributed by atoms with van der Waals surface area (Å²) in [7, 11) is 0. The molecule has 5 heteroatoms. The minimum absolute atomic E-state index is 0.0708. The smallest absolute Gasteiger partial charge is 0.220 e. The number of carbonyl (C=O) groups excluding carboxylic acids is 1. The predicted octanol–water partition coefficient (Wildman–Crippen LogP) is 4.35. The molecule has 0 spiro atoms. The lowest BCUT2D eigenvalue weighted by Gasteiger charge is -2.33. The number of benzene rings is 1. The number of unbranched alkanes of at least 4 members (excludes halogenated alkanes) is 1. The predicted molar refractivity (Wildman–Crippen MR) is 112 cm³/mol. The minimum Gasteiger partial charge on any atom is -0.441 e. The molecule has 1 saturated heterocycles. The van der Waals surface area contributed by atoms with Crippen molar-refractivity contribution in [3.8, 4) is 11.3 Å². The molecule has 0 bridgehead atoms. The van der Waals surface area contributed by atoms with Gasteiger partial charge in [-0.25, -0.2) is 4.98 Å². The van der Waals surface area contributed by atoms with Crippen LogP contribution >= 0.6 is 0 Å². The number of amides is 1. The molecule has 0 aliphatic carbocycles. The van der Waals surface area contributed by atoms with Crippen LogP contribution in [0.2, 0.25) is 0 Å². The third kappa shape index (κ3) is 6.20. The van der Waals surface area contributed by atoms with Crippen molar-refractivity contribution in [2.45, 2.75) is 64.8 Å². The van der Waals surface area contributed by atoms with Gasteiger partial charge in [0.1, 0.15) is 0 Å². The van der Waals surface area contributed by atoms with Crippen molar-refractivity contribution in [3.05, 3.63) is 41.9 Å². The van der Waals surface area contributed by atoms with Crippen molar-refractivity contribution < 1.29 is 9.21 Å². The first-order chi connectivity index (χ1) is 13.6. The van der Waals surface area contributed by atoms with Crippen LogP contribution in [-0.4, -0.2) is 41.5 Å². The number of likely N-dealkylation sites (tertiary alicyclic amines) is 1. The summed E-state index contributed by atoms with van der Waals surface area (Å²) in [6.45, 7) is 7.51. The lowest BCUT2D eigenvalue weighted by Crippen LogP contribution is -2.38. The van der Waals surface area contributed by atoms with Gasteiger partial charge in [-0.15, -0.1) is 0 Å². The first-order valence-electron chi connectivity index (χ1n) is 10.6. The minimum atomic E-state index is 0.0708. The van der Waals surface area contributed by atoms with Gasteiger partial charge in [0.05, 0.1) is 6.20 Å². The number of aryl methyl sites for hydroxylation is 2. The molecule has 5 nitrogen and oxygen atoms in total. The first-order valence-corrected chi connectivity index (χ1v) is 10.6. The molecule has 0 saturated carbocycles. The van der Waals surface area contributed by atoms with Crippen molar-refractivity contribution in [1.29, 1.82) is 0 Å². The van der Waals surface area contributed by atoms with E-state index in [4.69, 9.17) is 4.42 Å². The molecule has 1 fully saturated rings. The van der Waals surface area contributed by atoms with Crippen molar-refractivity contribution in [2.24, 2.45) is 0 Å². The number of nitrogens with one attached hydrogen (secondary N) is 1.